The van der Waals surface area contributed by atoms with Crippen molar-refractivity contribution in [2.75, 3.05) is 0 Å². The van der Waals surface area contributed by atoms with Crippen LogP contribution in [0.1, 0.15) is 0 Å². The van der Waals surface area contributed by atoms with Gasteiger partial charge in [0.1, 0.15) is 11.2 Å². The maximum absolute atomic E-state index is 6.12. The first-order chi connectivity index (χ1) is 15.8. The molecule has 0 saturated heterocycles. The molecule has 0 saturated carbocycles. The predicted molar refractivity (Wildman–Crippen MR) is 134 cm³/mol. The summed E-state index contributed by atoms with van der Waals surface area (Å²) < 4.78 is 6.12. The van der Waals surface area contributed by atoms with Gasteiger partial charge in [0.25, 0.3) is 0 Å². The van der Waals surface area contributed by atoms with E-state index in [2.05, 4.69) is 102 Å². The largest absolute Gasteiger partial charge is 0.456 e. The number of hydrogen-bond acceptors (Lipinski definition) is 1. The van der Waals surface area contributed by atoms with Crippen molar-refractivity contribution in [3.05, 3.63) is 109 Å². The zero-order valence-corrected chi connectivity index (χ0v) is 17.3. The number of aromatic amines is 1. The van der Waals surface area contributed by atoms with Crippen LogP contribution in [0.3, 0.4) is 0 Å². The first-order valence-corrected chi connectivity index (χ1v) is 10.9. The summed E-state index contributed by atoms with van der Waals surface area (Å²) in [6, 6.07) is 38.5. The van der Waals surface area contributed by atoms with Crippen LogP contribution < -0.4 is 0 Å². The Bertz CT molecular complexity index is 1780. The number of aromatic nitrogens is 1. The molecule has 2 heterocycles. The smallest absolute Gasteiger partial charge is 0.136 e. The molecule has 2 heteroatoms. The molecule has 150 valence electrons. The van der Waals surface area contributed by atoms with Crippen LogP contribution in [0.15, 0.2) is 114 Å². The van der Waals surface area contributed by atoms with Gasteiger partial charge in [-0.3, -0.25) is 0 Å². The minimum absolute atomic E-state index is 0.923. The van der Waals surface area contributed by atoms with E-state index >= 15 is 0 Å². The highest BCUT2D eigenvalue weighted by Gasteiger charge is 2.11. The SMILES string of the molecule is c1cc(-c2ccc3c(c2)oc2ccccc23)cc(-c2cccc3c2[nH]c2ccccc23)c1. The van der Waals surface area contributed by atoms with Crippen LogP contribution in [0.4, 0.5) is 0 Å². The highest BCUT2D eigenvalue weighted by Crippen LogP contribution is 2.36. The molecule has 1 N–H and O–H groups in total. The Labute approximate surface area is 184 Å². The van der Waals surface area contributed by atoms with Crippen molar-refractivity contribution in [1.29, 1.82) is 0 Å². The van der Waals surface area contributed by atoms with Crippen LogP contribution >= 0.6 is 0 Å². The van der Waals surface area contributed by atoms with E-state index in [9.17, 15) is 0 Å². The fourth-order valence-corrected chi connectivity index (χ4v) is 4.89. The number of H-pyrrole nitrogens is 1. The third kappa shape index (κ3) is 2.53. The Morgan fingerprint density at radius 3 is 2.16 bits per heavy atom. The molecule has 2 aromatic heterocycles. The fraction of sp³-hybridized carbons (Fsp3) is 0. The minimum Gasteiger partial charge on any atom is -0.456 e. The van der Waals surface area contributed by atoms with E-state index in [0.717, 1.165) is 27.5 Å². The molecule has 0 unspecified atom stereocenters. The molecule has 7 aromatic rings. The Kier molecular flexibility index (Phi) is 3.58. The fourth-order valence-electron chi connectivity index (χ4n) is 4.89. The zero-order valence-electron chi connectivity index (χ0n) is 17.3. The van der Waals surface area contributed by atoms with Crippen molar-refractivity contribution in [3.8, 4) is 22.3 Å². The topological polar surface area (TPSA) is 28.9 Å². The summed E-state index contributed by atoms with van der Waals surface area (Å²) in [5, 5.41) is 4.83. The van der Waals surface area contributed by atoms with Crippen LogP contribution in [0.5, 0.6) is 0 Å². The Morgan fingerprint density at radius 1 is 0.469 bits per heavy atom. The van der Waals surface area contributed by atoms with E-state index in [4.69, 9.17) is 4.42 Å². The van der Waals surface area contributed by atoms with E-state index in [1.54, 1.807) is 0 Å². The third-order valence-corrected chi connectivity index (χ3v) is 6.43. The summed E-state index contributed by atoms with van der Waals surface area (Å²) in [7, 11) is 0. The number of hydrogen-bond donors (Lipinski definition) is 1. The third-order valence-electron chi connectivity index (χ3n) is 6.43. The van der Waals surface area contributed by atoms with Crippen molar-refractivity contribution >= 4 is 43.7 Å². The van der Waals surface area contributed by atoms with Gasteiger partial charge in [-0.05, 0) is 47.0 Å². The number of rotatable bonds is 2. The van der Waals surface area contributed by atoms with E-state index in [-0.39, 0.29) is 0 Å². The molecule has 0 fully saturated rings. The van der Waals surface area contributed by atoms with E-state index in [1.807, 2.05) is 12.1 Å². The minimum atomic E-state index is 0.923. The molecular formula is C30H19NO. The van der Waals surface area contributed by atoms with Crippen molar-refractivity contribution in [2.24, 2.45) is 0 Å². The second-order valence-electron chi connectivity index (χ2n) is 8.29. The van der Waals surface area contributed by atoms with Crippen LogP contribution in [-0.2, 0) is 0 Å². The van der Waals surface area contributed by atoms with Gasteiger partial charge in [-0.2, -0.15) is 0 Å². The van der Waals surface area contributed by atoms with Gasteiger partial charge in [0, 0.05) is 32.6 Å². The van der Waals surface area contributed by atoms with Crippen LogP contribution in [0, 0.1) is 0 Å². The quantitative estimate of drug-likeness (QED) is 0.304. The van der Waals surface area contributed by atoms with Gasteiger partial charge in [-0.25, -0.2) is 0 Å². The number of benzene rings is 5. The van der Waals surface area contributed by atoms with Gasteiger partial charge < -0.3 is 9.40 Å². The average molecular weight is 409 g/mol. The lowest BCUT2D eigenvalue weighted by molar-refractivity contribution is 0.669. The molecule has 0 spiro atoms. The lowest BCUT2D eigenvalue weighted by Crippen LogP contribution is -1.83. The molecule has 0 aliphatic rings. The summed E-state index contributed by atoms with van der Waals surface area (Å²) >= 11 is 0. The molecule has 0 amide bonds. The summed E-state index contributed by atoms with van der Waals surface area (Å²) in [5.74, 6) is 0. The molecule has 5 aromatic carbocycles. The van der Waals surface area contributed by atoms with Crippen molar-refractivity contribution < 1.29 is 4.42 Å². The van der Waals surface area contributed by atoms with E-state index in [1.165, 1.54) is 38.5 Å². The average Bonchev–Trinajstić information content (AvgIpc) is 3.42. The zero-order chi connectivity index (χ0) is 21.1. The second kappa shape index (κ2) is 6.60. The van der Waals surface area contributed by atoms with Crippen LogP contribution in [0.2, 0.25) is 0 Å². The molecule has 0 atom stereocenters. The monoisotopic (exact) mass is 409 g/mol. The molecule has 0 aliphatic carbocycles. The molecule has 7 rings (SSSR count). The Balaban J connectivity index is 1.39. The first-order valence-electron chi connectivity index (χ1n) is 10.9. The summed E-state index contributed by atoms with van der Waals surface area (Å²) in [6.45, 7) is 0. The van der Waals surface area contributed by atoms with Crippen molar-refractivity contribution in [2.45, 2.75) is 0 Å². The normalized spacial score (nSPS) is 11.8. The van der Waals surface area contributed by atoms with Crippen molar-refractivity contribution in [3.63, 3.8) is 0 Å². The lowest BCUT2D eigenvalue weighted by Gasteiger charge is -2.08. The molecule has 0 bridgehead atoms. The van der Waals surface area contributed by atoms with Crippen LogP contribution in [-0.4, -0.2) is 4.98 Å². The van der Waals surface area contributed by atoms with Crippen LogP contribution in [0.25, 0.3) is 66.0 Å². The number of fused-ring (bicyclic) bond motifs is 6. The van der Waals surface area contributed by atoms with E-state index < -0.39 is 0 Å². The summed E-state index contributed by atoms with van der Waals surface area (Å²) in [6.07, 6.45) is 0. The molecular weight excluding hydrogens is 390 g/mol. The van der Waals surface area contributed by atoms with E-state index in [0.29, 0.717) is 0 Å². The number of nitrogens with one attached hydrogen (secondary N) is 1. The molecule has 32 heavy (non-hydrogen) atoms. The summed E-state index contributed by atoms with van der Waals surface area (Å²) in [5.41, 5.74) is 8.95. The van der Waals surface area contributed by atoms with Gasteiger partial charge in [-0.15, -0.1) is 0 Å². The van der Waals surface area contributed by atoms with Gasteiger partial charge in [0.15, 0.2) is 0 Å². The second-order valence-corrected chi connectivity index (χ2v) is 8.29. The maximum atomic E-state index is 6.12. The highest BCUT2D eigenvalue weighted by molar-refractivity contribution is 6.12. The Hall–Kier alpha value is -4.30. The van der Waals surface area contributed by atoms with Gasteiger partial charge in [0.05, 0.1) is 5.52 Å². The lowest BCUT2D eigenvalue weighted by atomic mass is 9.97. The molecule has 2 nitrogen and oxygen atoms in total. The van der Waals surface area contributed by atoms with Gasteiger partial charge in [0.2, 0.25) is 0 Å². The number of para-hydroxylation sites is 3. The van der Waals surface area contributed by atoms with Crippen molar-refractivity contribution in [1.82, 2.24) is 4.98 Å². The van der Waals surface area contributed by atoms with Gasteiger partial charge >= 0.3 is 0 Å². The Morgan fingerprint density at radius 2 is 1.19 bits per heavy atom. The summed E-state index contributed by atoms with van der Waals surface area (Å²) in [4.78, 5) is 3.63. The standard InChI is InChI=1S/C30H19NO/c1-3-13-27-23(9-1)26-12-6-11-22(30(26)31-27)21-8-5-7-19(17-21)20-15-16-25-24-10-2-4-14-28(24)32-29(25)18-20/h1-18,31H. The predicted octanol–water partition coefficient (Wildman–Crippen LogP) is 8.55. The highest BCUT2D eigenvalue weighted by atomic mass is 16.3. The first kappa shape index (κ1) is 17.4. The maximum Gasteiger partial charge on any atom is 0.136 e. The molecule has 0 radical (unpaired) electrons. The number of furan rings is 1. The van der Waals surface area contributed by atoms with Gasteiger partial charge in [-0.1, -0.05) is 78.9 Å². The molecule has 0 aliphatic heterocycles.